The summed E-state index contributed by atoms with van der Waals surface area (Å²) in [4.78, 5) is -0.0895. The zero-order chi connectivity index (χ0) is 12.5. The molecular formula is C13H13NaO3S. The molecule has 0 spiro atoms. The summed E-state index contributed by atoms with van der Waals surface area (Å²) in [6.45, 7) is 2.01. The van der Waals surface area contributed by atoms with Crippen LogP contribution in [-0.2, 0) is 10.1 Å². The van der Waals surface area contributed by atoms with E-state index < -0.39 is 10.1 Å². The van der Waals surface area contributed by atoms with Crippen LogP contribution in [0.1, 0.15) is 6.99 Å². The second-order valence-corrected chi connectivity index (χ2v) is 5.29. The van der Waals surface area contributed by atoms with Gasteiger partial charge in [-0.05, 0) is 30.2 Å². The van der Waals surface area contributed by atoms with E-state index in [-0.39, 0.29) is 35.9 Å². The van der Waals surface area contributed by atoms with Crippen LogP contribution in [0.5, 0.6) is 0 Å². The summed E-state index contributed by atoms with van der Waals surface area (Å²) in [6, 6.07) is 14.1. The number of benzene rings is 2. The first-order valence-corrected chi connectivity index (χ1v) is 6.55. The summed E-state index contributed by atoms with van der Waals surface area (Å²) in [5.74, 6) is 0. The van der Waals surface area contributed by atoms with E-state index in [1.54, 1.807) is 12.1 Å². The Morgan fingerprint density at radius 2 is 1.28 bits per heavy atom. The van der Waals surface area contributed by atoms with Crippen molar-refractivity contribution in [3.63, 3.8) is 0 Å². The maximum atomic E-state index is 10.9. The third-order valence-electron chi connectivity index (χ3n) is 2.54. The molecule has 90 valence electrons. The molecule has 0 amide bonds. The predicted molar refractivity (Wildman–Crippen MR) is 67.5 cm³/mol. The van der Waals surface area contributed by atoms with Crippen molar-refractivity contribution in [2.75, 3.05) is 0 Å². The molecule has 2 aromatic rings. The second kappa shape index (κ2) is 5.99. The van der Waals surface area contributed by atoms with Crippen LogP contribution >= 0.6 is 0 Å². The van der Waals surface area contributed by atoms with Crippen molar-refractivity contribution in [3.8, 4) is 11.1 Å². The van der Waals surface area contributed by atoms with Gasteiger partial charge in [0.2, 0.25) is 0 Å². The average molecular weight is 272 g/mol. The van der Waals surface area contributed by atoms with Crippen LogP contribution in [-0.4, -0.2) is 13.0 Å². The molecule has 5 heteroatoms. The summed E-state index contributed by atoms with van der Waals surface area (Å²) in [7, 11) is -4.11. The molecule has 2 aromatic carbocycles. The molecule has 1 N–H and O–H groups in total. The van der Waals surface area contributed by atoms with E-state index >= 15 is 0 Å². The van der Waals surface area contributed by atoms with Gasteiger partial charge in [-0.2, -0.15) is 8.42 Å². The van der Waals surface area contributed by atoms with E-state index in [1.165, 1.54) is 17.7 Å². The Morgan fingerprint density at radius 3 is 1.67 bits per heavy atom. The average Bonchev–Trinajstić information content (AvgIpc) is 2.29. The van der Waals surface area contributed by atoms with Crippen molar-refractivity contribution in [3.05, 3.63) is 54.1 Å². The van der Waals surface area contributed by atoms with Crippen molar-refractivity contribution in [1.82, 2.24) is 0 Å². The van der Waals surface area contributed by atoms with Gasteiger partial charge in [0.15, 0.2) is 0 Å². The maximum absolute atomic E-state index is 10.9. The van der Waals surface area contributed by atoms with E-state index in [2.05, 4.69) is 0 Å². The van der Waals surface area contributed by atoms with Gasteiger partial charge in [0.25, 0.3) is 10.1 Å². The predicted octanol–water partition coefficient (Wildman–Crippen LogP) is 0.0252. The van der Waals surface area contributed by atoms with Crippen LogP contribution in [0.25, 0.3) is 11.1 Å². The van der Waals surface area contributed by atoms with Crippen LogP contribution in [0.15, 0.2) is 53.4 Å². The fourth-order valence-corrected chi connectivity index (χ4v) is 2.05. The number of rotatable bonds is 2. The van der Waals surface area contributed by atoms with Gasteiger partial charge < -0.3 is 1.43 Å². The summed E-state index contributed by atoms with van der Waals surface area (Å²) in [5, 5.41) is 0. The minimum absolute atomic E-state index is 0. The van der Waals surface area contributed by atoms with Crippen LogP contribution in [0.2, 0.25) is 0 Å². The Morgan fingerprint density at radius 1 is 0.889 bits per heavy atom. The third-order valence-corrected chi connectivity index (χ3v) is 3.40. The van der Waals surface area contributed by atoms with Crippen molar-refractivity contribution in [1.29, 1.82) is 0 Å². The van der Waals surface area contributed by atoms with Crippen molar-refractivity contribution in [2.45, 2.75) is 11.8 Å². The largest absolute Gasteiger partial charge is 1.00 e. The Labute approximate surface area is 130 Å². The molecular weight excluding hydrogens is 259 g/mol. The Kier molecular flexibility index (Phi) is 5.13. The first-order chi connectivity index (χ1) is 7.97. The zero-order valence-corrected chi connectivity index (χ0v) is 13.1. The molecule has 0 heterocycles. The third kappa shape index (κ3) is 3.67. The standard InChI is InChI=1S/C13H12O3S.Na.H/c1-10-2-4-11(5-3-10)12-6-8-13(9-7-12)17(14,15)16;;/h2-9H,1H3,(H,14,15,16);;/q;+1;-1. The molecule has 0 bridgehead atoms. The monoisotopic (exact) mass is 272 g/mol. The topological polar surface area (TPSA) is 54.4 Å². The van der Waals surface area contributed by atoms with E-state index in [4.69, 9.17) is 4.55 Å². The first kappa shape index (κ1) is 15.4. The van der Waals surface area contributed by atoms with Gasteiger partial charge in [0, 0.05) is 0 Å². The minimum atomic E-state index is -4.11. The molecule has 0 radical (unpaired) electrons. The second-order valence-electron chi connectivity index (χ2n) is 3.87. The molecule has 0 aromatic heterocycles. The quantitative estimate of drug-likeness (QED) is 0.619. The van der Waals surface area contributed by atoms with Crippen molar-refractivity contribution >= 4 is 10.1 Å². The van der Waals surface area contributed by atoms with Crippen LogP contribution in [0.4, 0.5) is 0 Å². The molecule has 0 saturated carbocycles. The smallest absolute Gasteiger partial charge is 1.00 e. The summed E-state index contributed by atoms with van der Waals surface area (Å²) >= 11 is 0. The molecule has 18 heavy (non-hydrogen) atoms. The maximum Gasteiger partial charge on any atom is 1.00 e. The Balaban J connectivity index is 0.00000162. The van der Waals surface area contributed by atoms with Crippen molar-refractivity contribution < 1.29 is 44.0 Å². The SMILES string of the molecule is Cc1ccc(-c2ccc(S(=O)(=O)O)cc2)cc1.[H-].[Na+]. The molecule has 0 saturated heterocycles. The fraction of sp³-hybridized carbons (Fsp3) is 0.0769. The number of hydrogen-bond acceptors (Lipinski definition) is 2. The van der Waals surface area contributed by atoms with Gasteiger partial charge in [0.1, 0.15) is 0 Å². The summed E-state index contributed by atoms with van der Waals surface area (Å²) in [6.07, 6.45) is 0. The summed E-state index contributed by atoms with van der Waals surface area (Å²) in [5.41, 5.74) is 3.10. The summed E-state index contributed by atoms with van der Waals surface area (Å²) < 4.78 is 30.6. The number of aryl methyl sites for hydroxylation is 1. The molecule has 2 rings (SSSR count). The zero-order valence-electron chi connectivity index (χ0n) is 11.3. The molecule has 0 atom stereocenters. The van der Waals surface area contributed by atoms with E-state index in [1.807, 2.05) is 31.2 Å². The van der Waals surface area contributed by atoms with Gasteiger partial charge in [-0.3, -0.25) is 4.55 Å². The van der Waals surface area contributed by atoms with Crippen LogP contribution < -0.4 is 29.6 Å². The number of hydrogen-bond donors (Lipinski definition) is 1. The van der Waals surface area contributed by atoms with E-state index in [9.17, 15) is 8.42 Å². The van der Waals surface area contributed by atoms with Gasteiger partial charge >= 0.3 is 29.6 Å². The van der Waals surface area contributed by atoms with Crippen molar-refractivity contribution in [2.24, 2.45) is 0 Å². The van der Waals surface area contributed by atoms with Crippen LogP contribution in [0.3, 0.4) is 0 Å². The van der Waals surface area contributed by atoms with Gasteiger partial charge in [-0.1, -0.05) is 42.0 Å². The van der Waals surface area contributed by atoms with E-state index in [0.717, 1.165) is 11.1 Å². The Hall–Kier alpha value is -0.650. The van der Waals surface area contributed by atoms with Gasteiger partial charge in [-0.15, -0.1) is 0 Å². The van der Waals surface area contributed by atoms with E-state index in [0.29, 0.717) is 0 Å². The van der Waals surface area contributed by atoms with Gasteiger partial charge in [0.05, 0.1) is 4.90 Å². The normalized spacial score (nSPS) is 10.8. The molecule has 0 aliphatic carbocycles. The first-order valence-electron chi connectivity index (χ1n) is 5.11. The molecule has 0 fully saturated rings. The van der Waals surface area contributed by atoms with Gasteiger partial charge in [-0.25, -0.2) is 0 Å². The molecule has 0 aliphatic rings. The fourth-order valence-electron chi connectivity index (χ4n) is 1.57. The van der Waals surface area contributed by atoms with Crippen LogP contribution in [0, 0.1) is 6.92 Å². The minimum Gasteiger partial charge on any atom is -1.00 e. The Bertz CT molecular complexity index is 622. The molecule has 0 unspecified atom stereocenters. The molecule has 0 aliphatic heterocycles. The molecule has 3 nitrogen and oxygen atoms in total.